The monoisotopic (exact) mass is 372 g/mol. The summed E-state index contributed by atoms with van der Waals surface area (Å²) in [5.41, 5.74) is 12.6. The van der Waals surface area contributed by atoms with Gasteiger partial charge in [-0.25, -0.2) is 5.53 Å². The van der Waals surface area contributed by atoms with E-state index in [9.17, 15) is 5.11 Å². The van der Waals surface area contributed by atoms with Crippen LogP contribution in [0.25, 0.3) is 11.1 Å². The Kier molecular flexibility index (Phi) is 6.58. The highest BCUT2D eigenvalue weighted by molar-refractivity contribution is 5.98. The number of ether oxygens (including phenoxy) is 1. The summed E-state index contributed by atoms with van der Waals surface area (Å²) in [6.07, 6.45) is 0.878. The van der Waals surface area contributed by atoms with E-state index in [1.165, 1.54) is 11.1 Å². The molecule has 0 amide bonds. The van der Waals surface area contributed by atoms with Gasteiger partial charge in [-0.1, -0.05) is 61.5 Å². The van der Waals surface area contributed by atoms with Crippen LogP contribution in [-0.2, 0) is 0 Å². The highest BCUT2D eigenvalue weighted by Crippen LogP contribution is 2.35. The molecule has 3 aromatic carbocycles. The summed E-state index contributed by atoms with van der Waals surface area (Å²) >= 11 is 0. The Bertz CT molecular complexity index is 931. The second-order valence-electron chi connectivity index (χ2n) is 6.37. The van der Waals surface area contributed by atoms with E-state index in [-0.39, 0.29) is 5.75 Å². The molecule has 142 valence electrons. The lowest BCUT2D eigenvalue weighted by Gasteiger charge is -2.17. The van der Waals surface area contributed by atoms with Crippen LogP contribution < -0.4 is 4.74 Å². The number of benzene rings is 3. The summed E-state index contributed by atoms with van der Waals surface area (Å²) in [6, 6.07) is 25.7. The molecule has 0 heterocycles. The van der Waals surface area contributed by atoms with Crippen molar-refractivity contribution in [3.8, 4) is 11.5 Å². The van der Waals surface area contributed by atoms with E-state index in [0.29, 0.717) is 13.2 Å². The molecule has 0 saturated heterocycles. The Balaban J connectivity index is 2.07. The third kappa shape index (κ3) is 4.65. The normalized spacial score (nSPS) is 11.6. The topological polar surface area (TPSA) is 65.7 Å². The number of rotatable bonds is 8. The second-order valence-corrected chi connectivity index (χ2v) is 6.37. The molecule has 0 aliphatic carbocycles. The number of allylic oxidation sites excluding steroid dienone is 1. The lowest BCUT2D eigenvalue weighted by molar-refractivity contribution is 0.325. The van der Waals surface area contributed by atoms with E-state index in [1.54, 1.807) is 12.1 Å². The molecule has 0 fully saturated rings. The molecule has 0 aromatic heterocycles. The van der Waals surface area contributed by atoms with E-state index >= 15 is 0 Å². The van der Waals surface area contributed by atoms with E-state index < -0.39 is 0 Å². The maximum Gasteiger partial charge on any atom is 0.119 e. The van der Waals surface area contributed by atoms with E-state index in [2.05, 4.69) is 24.2 Å². The molecular formula is C24H24N2O2. The Hall–Kier alpha value is -3.40. The van der Waals surface area contributed by atoms with Crippen LogP contribution in [0.4, 0.5) is 0 Å². The molecule has 3 aromatic rings. The molecule has 0 radical (unpaired) electrons. The smallest absolute Gasteiger partial charge is 0.119 e. The van der Waals surface area contributed by atoms with Crippen molar-refractivity contribution in [2.45, 2.75) is 13.3 Å². The van der Waals surface area contributed by atoms with Gasteiger partial charge < -0.3 is 9.84 Å². The van der Waals surface area contributed by atoms with Crippen LogP contribution in [0.2, 0.25) is 0 Å². The average Bonchev–Trinajstić information content (AvgIpc) is 2.74. The highest BCUT2D eigenvalue weighted by Gasteiger charge is 2.13. The van der Waals surface area contributed by atoms with Crippen LogP contribution in [-0.4, -0.2) is 18.3 Å². The van der Waals surface area contributed by atoms with Crippen molar-refractivity contribution in [3.63, 3.8) is 0 Å². The van der Waals surface area contributed by atoms with Crippen LogP contribution in [0, 0.1) is 5.53 Å². The number of phenolic OH excluding ortho intramolecular Hbond substituents is 1. The van der Waals surface area contributed by atoms with Crippen LogP contribution in [0.1, 0.15) is 30.0 Å². The number of phenols is 1. The Morgan fingerprint density at radius 2 is 1.46 bits per heavy atom. The van der Waals surface area contributed by atoms with Crippen molar-refractivity contribution in [1.29, 1.82) is 5.53 Å². The minimum atomic E-state index is 0.254. The highest BCUT2D eigenvalue weighted by atomic mass is 16.5. The maximum absolute atomic E-state index is 9.71. The molecule has 0 unspecified atom stereocenters. The van der Waals surface area contributed by atoms with Crippen molar-refractivity contribution in [1.82, 2.24) is 0 Å². The molecule has 0 aliphatic rings. The predicted octanol–water partition coefficient (Wildman–Crippen LogP) is 6.17. The Morgan fingerprint density at radius 3 is 2.04 bits per heavy atom. The third-order valence-electron chi connectivity index (χ3n) is 4.55. The van der Waals surface area contributed by atoms with Gasteiger partial charge in [0.25, 0.3) is 0 Å². The SMILES string of the molecule is CC/C(=C(/c1ccc(O)cc1)c1ccc(OCCN=N)cc1)c1ccccc1. The molecular weight excluding hydrogens is 348 g/mol. The summed E-state index contributed by atoms with van der Waals surface area (Å²) in [4.78, 5) is 0. The first kappa shape index (κ1) is 19.4. The summed E-state index contributed by atoms with van der Waals surface area (Å²) in [6.45, 7) is 2.91. The molecule has 0 aliphatic heterocycles. The van der Waals surface area contributed by atoms with Crippen molar-refractivity contribution in [2.24, 2.45) is 5.11 Å². The van der Waals surface area contributed by atoms with Gasteiger partial charge in [0.1, 0.15) is 18.1 Å². The van der Waals surface area contributed by atoms with Gasteiger partial charge in [-0.3, -0.25) is 0 Å². The first-order valence-corrected chi connectivity index (χ1v) is 9.37. The molecule has 4 nitrogen and oxygen atoms in total. The van der Waals surface area contributed by atoms with Gasteiger partial charge >= 0.3 is 0 Å². The van der Waals surface area contributed by atoms with E-state index in [0.717, 1.165) is 28.9 Å². The number of hydrogen-bond acceptors (Lipinski definition) is 4. The quantitative estimate of drug-likeness (QED) is 0.282. The van der Waals surface area contributed by atoms with E-state index in [1.807, 2.05) is 54.6 Å². The number of nitrogens with one attached hydrogen (secondary N) is 1. The molecule has 0 spiro atoms. The zero-order chi connectivity index (χ0) is 19.8. The first-order valence-electron chi connectivity index (χ1n) is 9.37. The summed E-state index contributed by atoms with van der Waals surface area (Å²) in [5, 5.41) is 13.0. The minimum absolute atomic E-state index is 0.254. The summed E-state index contributed by atoms with van der Waals surface area (Å²) in [5.74, 6) is 1.01. The molecule has 2 N–H and O–H groups in total. The lowest BCUT2D eigenvalue weighted by Crippen LogP contribution is -2.00. The van der Waals surface area contributed by atoms with Gasteiger partial charge in [-0.2, -0.15) is 5.11 Å². The number of hydrogen-bond donors (Lipinski definition) is 2. The predicted molar refractivity (Wildman–Crippen MR) is 113 cm³/mol. The molecule has 28 heavy (non-hydrogen) atoms. The van der Waals surface area contributed by atoms with Crippen molar-refractivity contribution in [3.05, 3.63) is 95.6 Å². The fraction of sp³-hybridized carbons (Fsp3) is 0.167. The summed E-state index contributed by atoms with van der Waals surface area (Å²) in [7, 11) is 0. The molecule has 0 bridgehead atoms. The molecule has 4 heteroatoms. The zero-order valence-corrected chi connectivity index (χ0v) is 15.9. The fourth-order valence-corrected chi connectivity index (χ4v) is 3.23. The first-order chi connectivity index (χ1) is 13.7. The van der Waals surface area contributed by atoms with Gasteiger partial charge in [0, 0.05) is 0 Å². The van der Waals surface area contributed by atoms with Crippen LogP contribution in [0.3, 0.4) is 0 Å². The van der Waals surface area contributed by atoms with Crippen molar-refractivity contribution < 1.29 is 9.84 Å². The van der Waals surface area contributed by atoms with Crippen LogP contribution in [0.15, 0.2) is 84.0 Å². The van der Waals surface area contributed by atoms with Crippen LogP contribution in [0.5, 0.6) is 11.5 Å². The number of aromatic hydroxyl groups is 1. The van der Waals surface area contributed by atoms with Gasteiger partial charge in [0.05, 0.1) is 6.54 Å². The zero-order valence-electron chi connectivity index (χ0n) is 15.9. The van der Waals surface area contributed by atoms with Crippen molar-refractivity contribution >= 4 is 11.1 Å². The van der Waals surface area contributed by atoms with E-state index in [4.69, 9.17) is 10.3 Å². The summed E-state index contributed by atoms with van der Waals surface area (Å²) < 4.78 is 5.61. The molecule has 3 rings (SSSR count). The molecule has 0 saturated carbocycles. The fourth-order valence-electron chi connectivity index (χ4n) is 3.23. The standard InChI is InChI=1S/C24H24N2O2/c1-2-23(18-6-4-3-5-7-18)24(19-8-12-21(27)13-9-19)20-10-14-22(15-11-20)28-17-16-26-25/h3-15,25,27H,2,16-17H2,1H3/b24-23+,26-25?. The maximum atomic E-state index is 9.71. The number of nitrogens with zero attached hydrogens (tertiary/aromatic N) is 1. The molecule has 0 atom stereocenters. The lowest BCUT2D eigenvalue weighted by atomic mass is 9.88. The van der Waals surface area contributed by atoms with Gasteiger partial charge in [-0.05, 0) is 58.5 Å². The van der Waals surface area contributed by atoms with Gasteiger partial charge in [-0.15, -0.1) is 0 Å². The second kappa shape index (κ2) is 9.51. The average molecular weight is 372 g/mol. The van der Waals surface area contributed by atoms with Gasteiger partial charge in [0.2, 0.25) is 0 Å². The minimum Gasteiger partial charge on any atom is -0.508 e. The Labute approximate surface area is 165 Å². The van der Waals surface area contributed by atoms with Gasteiger partial charge in [0.15, 0.2) is 0 Å². The van der Waals surface area contributed by atoms with Crippen molar-refractivity contribution in [2.75, 3.05) is 13.2 Å². The van der Waals surface area contributed by atoms with Crippen LogP contribution >= 0.6 is 0 Å². The Morgan fingerprint density at radius 1 is 0.857 bits per heavy atom. The third-order valence-corrected chi connectivity index (χ3v) is 4.55. The largest absolute Gasteiger partial charge is 0.508 e.